The molecule has 2 atom stereocenters. The summed E-state index contributed by atoms with van der Waals surface area (Å²) >= 11 is 6.11. The Balaban J connectivity index is 1.67. The lowest BCUT2D eigenvalue weighted by atomic mass is 9.98. The maximum atomic E-state index is 13.5. The quantitative estimate of drug-likeness (QED) is 0.166. The van der Waals surface area contributed by atoms with Gasteiger partial charge in [0.25, 0.3) is 11.8 Å². The van der Waals surface area contributed by atoms with E-state index in [4.69, 9.17) is 22.2 Å². The summed E-state index contributed by atoms with van der Waals surface area (Å²) in [5, 5.41) is 14.6. The Kier molecular flexibility index (Phi) is 7.04. The van der Waals surface area contributed by atoms with Crippen molar-refractivity contribution in [2.45, 2.75) is 25.1 Å². The van der Waals surface area contributed by atoms with Gasteiger partial charge in [-0.2, -0.15) is 8.78 Å². The molecule has 1 aliphatic rings. The molecule has 0 fully saturated rings. The highest BCUT2D eigenvalue weighted by atomic mass is 35.5. The van der Waals surface area contributed by atoms with Gasteiger partial charge >= 0.3 is 6.43 Å². The van der Waals surface area contributed by atoms with E-state index in [1.54, 1.807) is 36.4 Å². The summed E-state index contributed by atoms with van der Waals surface area (Å²) in [6, 6.07) is 10.6. The molecule has 0 unspecified atom stereocenters. The number of ether oxygens (including phenoxy) is 1. The highest BCUT2D eigenvalue weighted by Gasteiger charge is 2.39. The number of hydrazone groups is 1. The van der Waals surface area contributed by atoms with Crippen LogP contribution in [0, 0.1) is 0 Å². The fourth-order valence-corrected chi connectivity index (χ4v) is 4.06. The first-order valence-corrected chi connectivity index (χ1v) is 10.7. The fraction of sp³-hybridized carbons (Fsp3) is 0.167. The molecule has 1 aliphatic heterocycles. The lowest BCUT2D eigenvalue weighted by Gasteiger charge is -2.31. The first-order chi connectivity index (χ1) is 16.8. The van der Waals surface area contributed by atoms with Crippen LogP contribution in [0.25, 0.3) is 5.76 Å². The Labute approximate surface area is 204 Å². The maximum Gasteiger partial charge on any atom is 0.314 e. The summed E-state index contributed by atoms with van der Waals surface area (Å²) < 4.78 is 30.8. The lowest BCUT2D eigenvalue weighted by Crippen LogP contribution is -2.34. The molecule has 2 heterocycles. The normalized spacial score (nSPS) is 15.2. The lowest BCUT2D eigenvalue weighted by molar-refractivity contribution is 0.0346. The fourth-order valence-electron chi connectivity index (χ4n) is 3.86. The third-order valence-corrected chi connectivity index (χ3v) is 5.75. The number of nitrogens with two attached hydrogens (primary N) is 1. The van der Waals surface area contributed by atoms with E-state index in [9.17, 15) is 18.7 Å². The minimum Gasteiger partial charge on any atom is -0.437 e. The van der Waals surface area contributed by atoms with E-state index < -0.39 is 30.4 Å². The summed E-state index contributed by atoms with van der Waals surface area (Å²) in [5.41, 5.74) is 2.16. The zero-order valence-corrected chi connectivity index (χ0v) is 18.9. The van der Waals surface area contributed by atoms with Gasteiger partial charge in [0.05, 0.1) is 11.9 Å². The molecular formula is C24H20ClF2N5O3. The molecule has 3 N–H and O–H groups in total. The van der Waals surface area contributed by atoms with E-state index in [-0.39, 0.29) is 12.3 Å². The van der Waals surface area contributed by atoms with Gasteiger partial charge in [-0.25, -0.2) is 0 Å². The first kappa shape index (κ1) is 24.2. The number of nitrogens with zero attached hydrogens (tertiary/aromatic N) is 4. The summed E-state index contributed by atoms with van der Waals surface area (Å²) in [6.07, 6.45) is 0.260. The number of alkyl halides is 2. The van der Waals surface area contributed by atoms with Gasteiger partial charge in [0.1, 0.15) is 17.9 Å². The molecule has 4 rings (SSSR count). The summed E-state index contributed by atoms with van der Waals surface area (Å²) in [7, 11) is 0. The van der Waals surface area contributed by atoms with Crippen LogP contribution in [-0.2, 0) is 11.3 Å². The van der Waals surface area contributed by atoms with Gasteiger partial charge in [0.2, 0.25) is 0 Å². The summed E-state index contributed by atoms with van der Waals surface area (Å²) in [6.45, 7) is 3.81. The van der Waals surface area contributed by atoms with E-state index in [0.29, 0.717) is 33.0 Å². The van der Waals surface area contributed by atoms with Crippen molar-refractivity contribution in [3.8, 4) is 0 Å². The molecule has 0 radical (unpaired) electrons. The van der Waals surface area contributed by atoms with Crippen LogP contribution in [0.15, 0.2) is 72.7 Å². The molecule has 8 nitrogen and oxygen atoms in total. The van der Waals surface area contributed by atoms with Crippen molar-refractivity contribution < 1.29 is 23.4 Å². The van der Waals surface area contributed by atoms with Crippen LogP contribution >= 0.6 is 11.6 Å². The van der Waals surface area contributed by atoms with Crippen LogP contribution in [-0.4, -0.2) is 38.2 Å². The van der Waals surface area contributed by atoms with E-state index in [2.05, 4.69) is 21.6 Å². The Morgan fingerprint density at radius 3 is 2.71 bits per heavy atom. The monoisotopic (exact) mass is 499 g/mol. The zero-order chi connectivity index (χ0) is 25.1. The standard InChI is InChI=1S/C24H20ClF2N5O3/c1-13(35-23(31-28)22(26)27)14-5-6-16-12-32(24(34)18(16)10-14)20(19-11-29-7-8-30-19)21(33)15-3-2-4-17(25)9-15/h2-11,20-22,33H,1,12,28H2/b31-23-/t20-,21+/m1/s1. The number of hydrogen-bond acceptors (Lipinski definition) is 7. The molecule has 35 heavy (non-hydrogen) atoms. The third-order valence-electron chi connectivity index (χ3n) is 5.52. The third kappa shape index (κ3) is 4.98. The molecule has 0 bridgehead atoms. The van der Waals surface area contributed by atoms with E-state index in [1.165, 1.54) is 29.6 Å². The first-order valence-electron chi connectivity index (χ1n) is 10.4. The second-order valence-electron chi connectivity index (χ2n) is 7.67. The van der Waals surface area contributed by atoms with Crippen LogP contribution < -0.4 is 5.84 Å². The largest absolute Gasteiger partial charge is 0.437 e. The Morgan fingerprint density at radius 1 is 1.26 bits per heavy atom. The van der Waals surface area contributed by atoms with Crippen LogP contribution in [0.2, 0.25) is 5.02 Å². The molecule has 180 valence electrons. The van der Waals surface area contributed by atoms with Gasteiger partial charge in [-0.3, -0.25) is 14.8 Å². The predicted octanol–water partition coefficient (Wildman–Crippen LogP) is 4.09. The molecular weight excluding hydrogens is 480 g/mol. The number of fused-ring (bicyclic) bond motifs is 1. The number of carbonyl (C=O) groups excluding carboxylic acids is 1. The molecule has 0 spiro atoms. The molecule has 0 saturated carbocycles. The van der Waals surface area contributed by atoms with Gasteiger partial charge in [0, 0.05) is 35.1 Å². The van der Waals surface area contributed by atoms with Crippen LogP contribution in [0.3, 0.4) is 0 Å². The smallest absolute Gasteiger partial charge is 0.314 e. The highest BCUT2D eigenvalue weighted by molar-refractivity contribution is 6.30. The number of hydrogen-bond donors (Lipinski definition) is 2. The van der Waals surface area contributed by atoms with Crippen LogP contribution in [0.5, 0.6) is 0 Å². The minimum atomic E-state index is -3.02. The van der Waals surface area contributed by atoms with Crippen molar-refractivity contribution in [1.82, 2.24) is 14.9 Å². The Hall–Kier alpha value is -3.89. The van der Waals surface area contributed by atoms with E-state index >= 15 is 0 Å². The number of aromatic nitrogens is 2. The van der Waals surface area contributed by atoms with Gasteiger partial charge in [-0.05, 0) is 29.3 Å². The number of rotatable bonds is 7. The maximum absolute atomic E-state index is 13.5. The van der Waals surface area contributed by atoms with E-state index in [1.807, 2.05) is 0 Å². The number of aliphatic hydroxyl groups is 1. The van der Waals surface area contributed by atoms with Gasteiger partial charge in [-0.15, -0.1) is 5.10 Å². The van der Waals surface area contributed by atoms with E-state index in [0.717, 1.165) is 0 Å². The van der Waals surface area contributed by atoms with Crippen molar-refractivity contribution in [2.75, 3.05) is 0 Å². The summed E-state index contributed by atoms with van der Waals surface area (Å²) in [5.74, 6) is 3.41. The molecule has 3 aromatic rings. The number of aliphatic hydroxyl groups excluding tert-OH is 1. The Bertz CT molecular complexity index is 1290. The molecule has 11 heteroatoms. The molecule has 2 aromatic carbocycles. The van der Waals surface area contributed by atoms with Gasteiger partial charge in [-0.1, -0.05) is 42.4 Å². The van der Waals surface area contributed by atoms with Crippen molar-refractivity contribution in [3.63, 3.8) is 0 Å². The average molecular weight is 500 g/mol. The van der Waals surface area contributed by atoms with Crippen molar-refractivity contribution >= 4 is 29.2 Å². The second kappa shape index (κ2) is 10.2. The Morgan fingerprint density at radius 2 is 2.06 bits per heavy atom. The molecule has 0 saturated heterocycles. The SMILES string of the molecule is C=C(O/C(=N\N)C(F)F)c1ccc2c(c1)C(=O)N([C@H](c1cnccn1)[C@@H](O)c1cccc(Cl)c1)C2. The molecule has 1 aromatic heterocycles. The van der Waals surface area contributed by atoms with Gasteiger partial charge < -0.3 is 20.6 Å². The number of carbonyl (C=O) groups is 1. The second-order valence-corrected chi connectivity index (χ2v) is 8.11. The number of amides is 1. The van der Waals surface area contributed by atoms with Crippen LogP contribution in [0.4, 0.5) is 8.78 Å². The minimum absolute atomic E-state index is 0.145. The predicted molar refractivity (Wildman–Crippen MR) is 125 cm³/mol. The topological polar surface area (TPSA) is 114 Å². The zero-order valence-electron chi connectivity index (χ0n) is 18.2. The molecule has 0 aliphatic carbocycles. The van der Waals surface area contributed by atoms with Crippen molar-refractivity contribution in [3.05, 3.63) is 101 Å². The van der Waals surface area contributed by atoms with Crippen molar-refractivity contribution in [2.24, 2.45) is 10.9 Å². The molecule has 1 amide bonds. The number of halogens is 3. The van der Waals surface area contributed by atoms with Crippen molar-refractivity contribution in [1.29, 1.82) is 0 Å². The summed E-state index contributed by atoms with van der Waals surface area (Å²) in [4.78, 5) is 23.4. The highest BCUT2D eigenvalue weighted by Crippen LogP contribution is 2.39. The van der Waals surface area contributed by atoms with Crippen LogP contribution in [0.1, 0.15) is 44.9 Å². The van der Waals surface area contributed by atoms with Gasteiger partial charge in [0.15, 0.2) is 0 Å². The average Bonchev–Trinajstić information content (AvgIpc) is 3.18. The number of benzene rings is 2.